The van der Waals surface area contributed by atoms with Crippen LogP contribution < -0.4 is 15.4 Å². The average Bonchev–Trinajstić information content (AvgIpc) is 3.51. The quantitative estimate of drug-likeness (QED) is 0.250. The van der Waals surface area contributed by atoms with Crippen LogP contribution in [0.1, 0.15) is 36.8 Å². The Morgan fingerprint density at radius 1 is 1.00 bits per heavy atom. The molecule has 5 rings (SSSR count). The number of carbonyl (C=O) groups excluding carboxylic acids is 2. The minimum absolute atomic E-state index is 0.0876. The van der Waals surface area contributed by atoms with Gasteiger partial charge in [-0.05, 0) is 46.9 Å². The van der Waals surface area contributed by atoms with E-state index in [9.17, 15) is 18.0 Å². The van der Waals surface area contributed by atoms with E-state index in [0.29, 0.717) is 54.0 Å². The van der Waals surface area contributed by atoms with Crippen molar-refractivity contribution in [2.75, 3.05) is 30.9 Å². The van der Waals surface area contributed by atoms with Gasteiger partial charge in [0.05, 0.1) is 4.90 Å². The van der Waals surface area contributed by atoms with E-state index in [2.05, 4.69) is 41.1 Å². The number of urea groups is 1. The highest BCUT2D eigenvalue weighted by atomic mass is 32.2. The molecule has 4 aromatic rings. The van der Waals surface area contributed by atoms with Crippen LogP contribution in [0.3, 0.4) is 0 Å². The van der Waals surface area contributed by atoms with Gasteiger partial charge in [-0.15, -0.1) is 0 Å². The summed E-state index contributed by atoms with van der Waals surface area (Å²) in [5.41, 5.74) is 3.89. The van der Waals surface area contributed by atoms with Crippen LogP contribution in [0.2, 0.25) is 0 Å². The summed E-state index contributed by atoms with van der Waals surface area (Å²) >= 11 is 0. The molecule has 0 aliphatic carbocycles. The van der Waals surface area contributed by atoms with Crippen LogP contribution in [0.25, 0.3) is 22.0 Å². The molecule has 3 amide bonds. The molecule has 1 saturated heterocycles. The molecular formula is C30H33N5O4S. The number of aromatic amines is 1. The molecule has 3 aromatic carbocycles. The van der Waals surface area contributed by atoms with Gasteiger partial charge in [-0.3, -0.25) is 9.52 Å². The van der Waals surface area contributed by atoms with E-state index in [1.807, 2.05) is 42.5 Å². The summed E-state index contributed by atoms with van der Waals surface area (Å²) in [5.74, 6) is -0.310. The topological polar surface area (TPSA) is 123 Å². The lowest BCUT2D eigenvalue weighted by Gasteiger charge is -2.19. The molecule has 4 N–H and O–H groups in total. The standard InChI is InChI=1S/C30H33N5O4S/c1-30(2,3)21-9-12-23(13-10-21)40(38,39)34-22-11-14-25-24(19-22)26(20-7-5-4-6-8-20)27(33-25)28(36)31-15-17-35-18-16-32-29(35)37/h4-14,19,33-34H,15-18H2,1-3H3,(H,31,36)(H,32,37). The number of hydrogen-bond acceptors (Lipinski definition) is 4. The van der Waals surface area contributed by atoms with Gasteiger partial charge < -0.3 is 20.5 Å². The van der Waals surface area contributed by atoms with Crippen LogP contribution in [-0.2, 0) is 15.4 Å². The molecule has 0 unspecified atom stereocenters. The third-order valence-corrected chi connectivity index (χ3v) is 8.38. The number of anilines is 1. The lowest BCUT2D eigenvalue weighted by molar-refractivity contribution is 0.0946. The highest BCUT2D eigenvalue weighted by molar-refractivity contribution is 7.92. The van der Waals surface area contributed by atoms with Gasteiger partial charge in [-0.1, -0.05) is 63.2 Å². The maximum atomic E-state index is 13.3. The van der Waals surface area contributed by atoms with Crippen molar-refractivity contribution in [3.8, 4) is 11.1 Å². The summed E-state index contributed by atoms with van der Waals surface area (Å²) < 4.78 is 29.1. The van der Waals surface area contributed by atoms with Crippen molar-refractivity contribution in [2.24, 2.45) is 0 Å². The summed E-state index contributed by atoms with van der Waals surface area (Å²) in [5, 5.41) is 6.36. The Bertz CT molecular complexity index is 1660. The van der Waals surface area contributed by atoms with Gasteiger partial charge in [-0.2, -0.15) is 0 Å². The monoisotopic (exact) mass is 559 g/mol. The molecule has 1 aromatic heterocycles. The SMILES string of the molecule is CC(C)(C)c1ccc(S(=O)(=O)Nc2ccc3[nH]c(C(=O)NCCN4CCNC4=O)c(-c4ccccc4)c3c2)cc1. The smallest absolute Gasteiger partial charge is 0.317 e. The number of rotatable bonds is 8. The number of fused-ring (bicyclic) bond motifs is 1. The zero-order valence-corrected chi connectivity index (χ0v) is 23.6. The summed E-state index contributed by atoms with van der Waals surface area (Å²) in [7, 11) is -3.83. The van der Waals surface area contributed by atoms with Gasteiger partial charge in [0, 0.05) is 48.3 Å². The third-order valence-electron chi connectivity index (χ3n) is 6.98. The van der Waals surface area contributed by atoms with Crippen LogP contribution in [0.5, 0.6) is 0 Å². The van der Waals surface area contributed by atoms with Gasteiger partial charge in [0.2, 0.25) is 0 Å². The molecule has 2 heterocycles. The van der Waals surface area contributed by atoms with E-state index in [1.54, 1.807) is 35.2 Å². The second-order valence-electron chi connectivity index (χ2n) is 10.9. The Morgan fingerprint density at radius 3 is 2.38 bits per heavy atom. The minimum Gasteiger partial charge on any atom is -0.350 e. The number of aromatic nitrogens is 1. The first-order valence-electron chi connectivity index (χ1n) is 13.2. The molecule has 0 spiro atoms. The van der Waals surface area contributed by atoms with Crippen LogP contribution >= 0.6 is 0 Å². The summed E-state index contributed by atoms with van der Waals surface area (Å²) in [6.07, 6.45) is 0. The minimum atomic E-state index is -3.83. The molecular weight excluding hydrogens is 526 g/mol. The van der Waals surface area contributed by atoms with E-state index in [0.717, 1.165) is 11.1 Å². The molecule has 1 fully saturated rings. The van der Waals surface area contributed by atoms with Crippen molar-refractivity contribution in [1.29, 1.82) is 0 Å². The van der Waals surface area contributed by atoms with Crippen molar-refractivity contribution in [3.63, 3.8) is 0 Å². The third kappa shape index (κ3) is 5.67. The lowest BCUT2D eigenvalue weighted by atomic mass is 9.87. The van der Waals surface area contributed by atoms with Crippen molar-refractivity contribution >= 4 is 38.6 Å². The van der Waals surface area contributed by atoms with E-state index < -0.39 is 10.0 Å². The Labute approximate surface area is 234 Å². The van der Waals surface area contributed by atoms with Gasteiger partial charge in [0.1, 0.15) is 5.69 Å². The molecule has 1 aliphatic rings. The summed E-state index contributed by atoms with van der Waals surface area (Å²) in [6.45, 7) is 8.14. The summed E-state index contributed by atoms with van der Waals surface area (Å²) in [6, 6.07) is 21.4. The van der Waals surface area contributed by atoms with Crippen molar-refractivity contribution in [2.45, 2.75) is 31.1 Å². The van der Waals surface area contributed by atoms with E-state index in [-0.39, 0.29) is 22.2 Å². The van der Waals surface area contributed by atoms with Crippen molar-refractivity contribution in [1.82, 2.24) is 20.5 Å². The van der Waals surface area contributed by atoms with Gasteiger partial charge in [0.25, 0.3) is 15.9 Å². The zero-order chi connectivity index (χ0) is 28.5. The Hall–Kier alpha value is -4.31. The van der Waals surface area contributed by atoms with Crippen molar-refractivity contribution in [3.05, 3.63) is 84.1 Å². The summed E-state index contributed by atoms with van der Waals surface area (Å²) in [4.78, 5) is 30.1. The number of sulfonamides is 1. The zero-order valence-electron chi connectivity index (χ0n) is 22.7. The Balaban J connectivity index is 1.44. The number of nitrogens with one attached hydrogen (secondary N) is 4. The molecule has 9 nitrogen and oxygen atoms in total. The maximum Gasteiger partial charge on any atom is 0.317 e. The van der Waals surface area contributed by atoms with Crippen LogP contribution in [-0.4, -0.2) is 56.4 Å². The number of benzene rings is 3. The maximum absolute atomic E-state index is 13.3. The molecule has 40 heavy (non-hydrogen) atoms. The molecule has 0 bridgehead atoms. The van der Waals surface area contributed by atoms with Crippen LogP contribution in [0, 0.1) is 0 Å². The lowest BCUT2D eigenvalue weighted by Crippen LogP contribution is -2.37. The fraction of sp³-hybridized carbons (Fsp3) is 0.267. The number of nitrogens with zero attached hydrogens (tertiary/aromatic N) is 1. The first-order valence-corrected chi connectivity index (χ1v) is 14.7. The number of amides is 3. The van der Waals surface area contributed by atoms with Crippen LogP contribution in [0.4, 0.5) is 10.5 Å². The number of carbonyl (C=O) groups is 2. The number of H-pyrrole nitrogens is 1. The van der Waals surface area contributed by atoms with E-state index in [1.165, 1.54) is 0 Å². The largest absolute Gasteiger partial charge is 0.350 e. The van der Waals surface area contributed by atoms with Gasteiger partial charge in [0.15, 0.2) is 0 Å². The van der Waals surface area contributed by atoms with Gasteiger partial charge >= 0.3 is 6.03 Å². The first-order chi connectivity index (χ1) is 19.0. The second kappa shape index (κ2) is 10.7. The molecule has 0 atom stereocenters. The van der Waals surface area contributed by atoms with E-state index in [4.69, 9.17) is 0 Å². The predicted molar refractivity (Wildman–Crippen MR) is 157 cm³/mol. The molecule has 10 heteroatoms. The van der Waals surface area contributed by atoms with E-state index >= 15 is 0 Å². The highest BCUT2D eigenvalue weighted by Gasteiger charge is 2.23. The fourth-order valence-electron chi connectivity index (χ4n) is 4.80. The Morgan fingerprint density at radius 2 is 1.73 bits per heavy atom. The number of hydrogen-bond donors (Lipinski definition) is 4. The molecule has 0 radical (unpaired) electrons. The van der Waals surface area contributed by atoms with Crippen LogP contribution in [0.15, 0.2) is 77.7 Å². The highest BCUT2D eigenvalue weighted by Crippen LogP contribution is 2.35. The van der Waals surface area contributed by atoms with Crippen molar-refractivity contribution < 1.29 is 18.0 Å². The second-order valence-corrected chi connectivity index (χ2v) is 12.5. The normalized spacial score (nSPS) is 13.9. The average molecular weight is 560 g/mol. The van der Waals surface area contributed by atoms with Gasteiger partial charge in [-0.25, -0.2) is 13.2 Å². The molecule has 1 aliphatic heterocycles. The fourth-order valence-corrected chi connectivity index (χ4v) is 5.85. The predicted octanol–water partition coefficient (Wildman–Crippen LogP) is 4.69. The Kier molecular flexibility index (Phi) is 7.29. The molecule has 208 valence electrons. The first kappa shape index (κ1) is 27.3. The molecule has 0 saturated carbocycles.